The van der Waals surface area contributed by atoms with Gasteiger partial charge in [0.25, 0.3) is 0 Å². The summed E-state index contributed by atoms with van der Waals surface area (Å²) in [5.41, 5.74) is 5.34. The summed E-state index contributed by atoms with van der Waals surface area (Å²) in [6.45, 7) is 10.9. The zero-order chi connectivity index (χ0) is 21.8. The summed E-state index contributed by atoms with van der Waals surface area (Å²) >= 11 is 0. The van der Waals surface area contributed by atoms with E-state index >= 15 is 0 Å². The van der Waals surface area contributed by atoms with Crippen LogP contribution in [0.1, 0.15) is 37.5 Å². The van der Waals surface area contributed by atoms with Crippen LogP contribution in [0, 0.1) is 0 Å². The van der Waals surface area contributed by atoms with Gasteiger partial charge in [-0.15, -0.1) is 10.2 Å². The van der Waals surface area contributed by atoms with Crippen LogP contribution < -0.4 is 4.74 Å². The van der Waals surface area contributed by atoms with Crippen molar-refractivity contribution in [2.75, 3.05) is 0 Å². The highest BCUT2D eigenvalue weighted by molar-refractivity contribution is 5.59. The third kappa shape index (κ3) is 4.92. The number of nitrogens with zero attached hydrogens (tertiary/aromatic N) is 2. The summed E-state index contributed by atoms with van der Waals surface area (Å²) < 4.78 is 11.8. The third-order valence-electron chi connectivity index (χ3n) is 5.15. The van der Waals surface area contributed by atoms with Gasteiger partial charge in [-0.3, -0.25) is 0 Å². The van der Waals surface area contributed by atoms with E-state index in [1.165, 1.54) is 5.56 Å². The van der Waals surface area contributed by atoms with Crippen LogP contribution in [0.3, 0.4) is 0 Å². The first-order valence-electron chi connectivity index (χ1n) is 10.3. The van der Waals surface area contributed by atoms with E-state index in [1.54, 1.807) is 0 Å². The average Bonchev–Trinajstić information content (AvgIpc) is 3.28. The number of hydrogen-bond donors (Lipinski definition) is 0. The summed E-state index contributed by atoms with van der Waals surface area (Å²) in [5.74, 6) is 1.79. The van der Waals surface area contributed by atoms with Gasteiger partial charge in [0.15, 0.2) is 0 Å². The Bertz CT molecular complexity index is 1150. The van der Waals surface area contributed by atoms with Gasteiger partial charge >= 0.3 is 0 Å². The van der Waals surface area contributed by atoms with Gasteiger partial charge in [0.05, 0.1) is 0 Å². The van der Waals surface area contributed by atoms with E-state index in [4.69, 9.17) is 9.15 Å². The van der Waals surface area contributed by atoms with E-state index < -0.39 is 0 Å². The topological polar surface area (TPSA) is 48.2 Å². The first kappa shape index (κ1) is 20.6. The smallest absolute Gasteiger partial charge is 0.248 e. The van der Waals surface area contributed by atoms with E-state index in [2.05, 4.69) is 49.7 Å². The van der Waals surface area contributed by atoms with Crippen molar-refractivity contribution in [1.82, 2.24) is 10.2 Å². The molecule has 1 aromatic heterocycles. The first-order valence-corrected chi connectivity index (χ1v) is 10.3. The van der Waals surface area contributed by atoms with Crippen molar-refractivity contribution in [1.29, 1.82) is 0 Å². The van der Waals surface area contributed by atoms with Crippen molar-refractivity contribution in [2.45, 2.75) is 32.8 Å². The largest absolute Gasteiger partial charge is 0.489 e. The molecule has 0 amide bonds. The van der Waals surface area contributed by atoms with E-state index in [1.807, 2.05) is 66.7 Å². The highest BCUT2D eigenvalue weighted by Gasteiger charge is 2.15. The second kappa shape index (κ2) is 8.60. The summed E-state index contributed by atoms with van der Waals surface area (Å²) in [4.78, 5) is 0. The van der Waals surface area contributed by atoms with Crippen LogP contribution in [0.2, 0.25) is 0 Å². The molecule has 0 fully saturated rings. The van der Waals surface area contributed by atoms with Crippen LogP contribution in [0.15, 0.2) is 83.8 Å². The molecule has 0 aliphatic rings. The lowest BCUT2D eigenvalue weighted by Crippen LogP contribution is -2.10. The molecule has 1 heterocycles. The van der Waals surface area contributed by atoms with Gasteiger partial charge in [0.2, 0.25) is 11.8 Å². The van der Waals surface area contributed by atoms with E-state index in [0.29, 0.717) is 18.4 Å². The Hall–Kier alpha value is -3.66. The maximum Gasteiger partial charge on any atom is 0.248 e. The Balaban J connectivity index is 1.42. The Morgan fingerprint density at radius 3 is 1.87 bits per heavy atom. The molecule has 0 saturated carbocycles. The molecule has 31 heavy (non-hydrogen) atoms. The van der Waals surface area contributed by atoms with Crippen LogP contribution in [0.25, 0.3) is 29.0 Å². The van der Waals surface area contributed by atoms with Crippen LogP contribution in [0.5, 0.6) is 5.75 Å². The minimum Gasteiger partial charge on any atom is -0.489 e. The van der Waals surface area contributed by atoms with Gasteiger partial charge in [0.1, 0.15) is 12.4 Å². The molecule has 0 spiro atoms. The fourth-order valence-corrected chi connectivity index (χ4v) is 3.18. The van der Waals surface area contributed by atoms with Crippen molar-refractivity contribution >= 4 is 6.08 Å². The Kier molecular flexibility index (Phi) is 5.72. The van der Waals surface area contributed by atoms with E-state index in [9.17, 15) is 0 Å². The molecule has 4 rings (SSSR count). The maximum atomic E-state index is 5.90. The standard InChI is InChI=1S/C27H26N2O2/c1-5-19-6-8-20(9-7-19)18-30-24-16-12-22(13-17-24)26-29-28-25(31-26)21-10-14-23(15-11-21)27(2,3)4/h5-17H,1,18H2,2-4H3. The monoisotopic (exact) mass is 410 g/mol. The van der Waals surface area contributed by atoms with E-state index in [-0.39, 0.29) is 5.41 Å². The second-order valence-corrected chi connectivity index (χ2v) is 8.50. The van der Waals surface area contributed by atoms with Crippen molar-refractivity contribution in [3.05, 3.63) is 96.1 Å². The molecule has 3 aromatic carbocycles. The molecule has 4 aromatic rings. The first-order chi connectivity index (χ1) is 14.9. The Morgan fingerprint density at radius 1 is 0.806 bits per heavy atom. The van der Waals surface area contributed by atoms with Crippen LogP contribution in [-0.4, -0.2) is 10.2 Å². The van der Waals surface area contributed by atoms with Gasteiger partial charge in [-0.05, 0) is 58.5 Å². The summed E-state index contributed by atoms with van der Waals surface area (Å²) in [7, 11) is 0. The number of ether oxygens (including phenoxy) is 1. The van der Waals surface area contributed by atoms with Crippen molar-refractivity contribution < 1.29 is 9.15 Å². The number of hydrogen-bond acceptors (Lipinski definition) is 4. The summed E-state index contributed by atoms with van der Waals surface area (Å²) in [6, 6.07) is 24.1. The lowest BCUT2D eigenvalue weighted by Gasteiger charge is -2.18. The predicted octanol–water partition coefficient (Wildman–Crippen LogP) is 6.92. The van der Waals surface area contributed by atoms with Crippen LogP contribution >= 0.6 is 0 Å². The molecular formula is C27H26N2O2. The van der Waals surface area contributed by atoms with Crippen LogP contribution in [0.4, 0.5) is 0 Å². The molecule has 4 heteroatoms. The fraction of sp³-hybridized carbons (Fsp3) is 0.185. The predicted molar refractivity (Wildman–Crippen MR) is 125 cm³/mol. The maximum absolute atomic E-state index is 5.90. The third-order valence-corrected chi connectivity index (χ3v) is 5.15. The minimum absolute atomic E-state index is 0.109. The van der Waals surface area contributed by atoms with Crippen molar-refractivity contribution in [3.63, 3.8) is 0 Å². The molecule has 0 radical (unpaired) electrons. The highest BCUT2D eigenvalue weighted by atomic mass is 16.5. The molecule has 0 atom stereocenters. The number of rotatable bonds is 6. The molecule has 0 unspecified atom stereocenters. The zero-order valence-electron chi connectivity index (χ0n) is 18.1. The van der Waals surface area contributed by atoms with Gasteiger partial charge in [-0.1, -0.05) is 69.8 Å². The molecule has 156 valence electrons. The van der Waals surface area contributed by atoms with Gasteiger partial charge in [-0.2, -0.15) is 0 Å². The molecule has 0 aliphatic carbocycles. The normalized spacial score (nSPS) is 11.3. The summed E-state index contributed by atoms with van der Waals surface area (Å²) in [6.07, 6.45) is 1.83. The molecule has 0 saturated heterocycles. The lowest BCUT2D eigenvalue weighted by molar-refractivity contribution is 0.306. The lowest BCUT2D eigenvalue weighted by atomic mass is 9.87. The van der Waals surface area contributed by atoms with Gasteiger partial charge < -0.3 is 9.15 Å². The molecule has 0 aliphatic heterocycles. The van der Waals surface area contributed by atoms with Gasteiger partial charge in [-0.25, -0.2) is 0 Å². The SMILES string of the molecule is C=Cc1ccc(COc2ccc(-c3nnc(-c4ccc(C(C)(C)C)cc4)o3)cc2)cc1. The zero-order valence-corrected chi connectivity index (χ0v) is 18.1. The number of aromatic nitrogens is 2. The quantitative estimate of drug-likeness (QED) is 0.346. The van der Waals surface area contributed by atoms with Crippen molar-refractivity contribution in [2.24, 2.45) is 0 Å². The molecule has 0 bridgehead atoms. The average molecular weight is 411 g/mol. The summed E-state index contributed by atoms with van der Waals surface area (Å²) in [5, 5.41) is 8.42. The van der Waals surface area contributed by atoms with Crippen LogP contribution in [-0.2, 0) is 12.0 Å². The number of benzene rings is 3. The second-order valence-electron chi connectivity index (χ2n) is 8.50. The van der Waals surface area contributed by atoms with Gasteiger partial charge in [0, 0.05) is 11.1 Å². The minimum atomic E-state index is 0.109. The Morgan fingerprint density at radius 2 is 1.35 bits per heavy atom. The Labute approximate surface area is 183 Å². The van der Waals surface area contributed by atoms with E-state index in [0.717, 1.165) is 28.0 Å². The fourth-order valence-electron chi connectivity index (χ4n) is 3.18. The van der Waals surface area contributed by atoms with Crippen molar-refractivity contribution in [3.8, 4) is 28.7 Å². The highest BCUT2D eigenvalue weighted by Crippen LogP contribution is 2.28. The molecule has 4 nitrogen and oxygen atoms in total. The molecular weight excluding hydrogens is 384 g/mol. The molecule has 0 N–H and O–H groups in total.